The van der Waals surface area contributed by atoms with Crippen molar-refractivity contribution in [2.24, 2.45) is 0 Å². The Kier molecular flexibility index (Phi) is 4.17. The Morgan fingerprint density at radius 2 is 1.78 bits per heavy atom. The van der Waals surface area contributed by atoms with Gasteiger partial charge < -0.3 is 9.15 Å². The van der Waals surface area contributed by atoms with Crippen molar-refractivity contribution < 1.29 is 13.9 Å². The van der Waals surface area contributed by atoms with E-state index in [-0.39, 0.29) is 5.78 Å². The fourth-order valence-corrected chi connectivity index (χ4v) is 2.35. The fraction of sp³-hybridized carbons (Fsp3) is 0.111. The Morgan fingerprint density at radius 3 is 2.52 bits per heavy atom. The first-order valence-corrected chi connectivity index (χ1v) is 7.41. The van der Waals surface area contributed by atoms with Crippen molar-refractivity contribution >= 4 is 28.4 Å². The third kappa shape index (κ3) is 3.43. The lowest BCUT2D eigenvalue weighted by atomic mass is 10.1. The quantitative estimate of drug-likeness (QED) is 0.534. The summed E-state index contributed by atoms with van der Waals surface area (Å²) >= 11 is 5.82. The summed E-state index contributed by atoms with van der Waals surface area (Å²) in [5.41, 5.74) is 0.510. The maximum atomic E-state index is 12.3. The molecule has 0 aliphatic carbocycles. The zero-order valence-corrected chi connectivity index (χ0v) is 13.0. The molecule has 2 aromatic carbocycles. The van der Waals surface area contributed by atoms with E-state index in [4.69, 9.17) is 20.8 Å². The zero-order chi connectivity index (χ0) is 16.4. The van der Waals surface area contributed by atoms with Gasteiger partial charge in [-0.1, -0.05) is 11.6 Å². The van der Waals surface area contributed by atoms with E-state index in [9.17, 15) is 9.59 Å². The maximum absolute atomic E-state index is 12.3. The molecule has 116 valence electrons. The van der Waals surface area contributed by atoms with Crippen LogP contribution >= 0.6 is 11.6 Å². The van der Waals surface area contributed by atoms with Gasteiger partial charge in [0.2, 0.25) is 5.78 Å². The second-order valence-corrected chi connectivity index (χ2v) is 5.52. The number of halogens is 1. The highest BCUT2D eigenvalue weighted by Gasteiger charge is 2.17. The summed E-state index contributed by atoms with van der Waals surface area (Å²) in [5, 5.41) is 1.35. The highest BCUT2D eigenvalue weighted by atomic mass is 35.5. The summed E-state index contributed by atoms with van der Waals surface area (Å²) in [6.45, 7) is 1.67. The molecule has 0 bridgehead atoms. The van der Waals surface area contributed by atoms with Crippen LogP contribution in [0, 0.1) is 0 Å². The smallest absolute Gasteiger partial charge is 0.336 e. The molecule has 4 nitrogen and oxygen atoms in total. The van der Waals surface area contributed by atoms with Crippen LogP contribution in [-0.2, 0) is 0 Å². The molecule has 1 atom stereocenters. The highest BCUT2D eigenvalue weighted by Crippen LogP contribution is 2.21. The minimum atomic E-state index is -0.677. The lowest BCUT2D eigenvalue weighted by molar-refractivity contribution is 0.0818. The van der Waals surface area contributed by atoms with E-state index in [1.54, 1.807) is 55.5 Å². The Labute approximate surface area is 137 Å². The maximum Gasteiger partial charge on any atom is 0.336 e. The number of hydrogen-bond donors (Lipinski definition) is 0. The molecular formula is C18H13ClO4. The lowest BCUT2D eigenvalue weighted by Gasteiger charge is -2.14. The summed E-state index contributed by atoms with van der Waals surface area (Å²) in [7, 11) is 0. The lowest BCUT2D eigenvalue weighted by Crippen LogP contribution is -2.23. The second-order valence-electron chi connectivity index (χ2n) is 5.09. The van der Waals surface area contributed by atoms with Crippen molar-refractivity contribution in [3.63, 3.8) is 0 Å². The molecule has 1 aromatic heterocycles. The van der Waals surface area contributed by atoms with Gasteiger partial charge in [0.1, 0.15) is 11.3 Å². The first-order chi connectivity index (χ1) is 11.0. The van der Waals surface area contributed by atoms with Gasteiger partial charge in [0.25, 0.3) is 0 Å². The molecule has 0 aliphatic heterocycles. The molecule has 3 aromatic rings. The van der Waals surface area contributed by atoms with Crippen LogP contribution in [0.2, 0.25) is 5.02 Å². The minimum Gasteiger partial charge on any atom is -0.482 e. The average Bonchev–Trinajstić information content (AvgIpc) is 2.54. The van der Waals surface area contributed by atoms with Crippen molar-refractivity contribution in [3.8, 4) is 5.75 Å². The molecular weight excluding hydrogens is 316 g/mol. The third-order valence-corrected chi connectivity index (χ3v) is 3.66. The SMILES string of the molecule is C[C@@H](Oc1ccc2ccc(=O)oc2c1)C(=O)c1ccc(Cl)cc1. The van der Waals surface area contributed by atoms with Gasteiger partial charge in [0.15, 0.2) is 6.10 Å². The van der Waals surface area contributed by atoms with Crippen LogP contribution in [0.25, 0.3) is 11.0 Å². The molecule has 0 radical (unpaired) electrons. The monoisotopic (exact) mass is 328 g/mol. The molecule has 0 aliphatic rings. The second kappa shape index (κ2) is 6.26. The number of rotatable bonds is 4. The van der Waals surface area contributed by atoms with Crippen LogP contribution in [0.5, 0.6) is 5.75 Å². The molecule has 0 N–H and O–H groups in total. The van der Waals surface area contributed by atoms with E-state index >= 15 is 0 Å². The van der Waals surface area contributed by atoms with E-state index in [1.807, 2.05) is 0 Å². The molecule has 3 rings (SSSR count). The van der Waals surface area contributed by atoms with Gasteiger partial charge in [-0.3, -0.25) is 4.79 Å². The molecule has 0 saturated heterocycles. The topological polar surface area (TPSA) is 56.5 Å². The number of hydrogen-bond acceptors (Lipinski definition) is 4. The van der Waals surface area contributed by atoms with Crippen LogP contribution in [-0.4, -0.2) is 11.9 Å². The van der Waals surface area contributed by atoms with Gasteiger partial charge in [0.05, 0.1) is 0 Å². The van der Waals surface area contributed by atoms with Gasteiger partial charge >= 0.3 is 5.63 Å². The predicted octanol–water partition coefficient (Wildman–Crippen LogP) is 4.10. The largest absolute Gasteiger partial charge is 0.482 e. The highest BCUT2D eigenvalue weighted by molar-refractivity contribution is 6.30. The number of ether oxygens (including phenoxy) is 1. The average molecular weight is 329 g/mol. The van der Waals surface area contributed by atoms with Crippen LogP contribution < -0.4 is 10.4 Å². The first-order valence-electron chi connectivity index (χ1n) is 7.03. The van der Waals surface area contributed by atoms with Crippen LogP contribution in [0.1, 0.15) is 17.3 Å². The zero-order valence-electron chi connectivity index (χ0n) is 12.3. The number of ketones is 1. The van der Waals surface area contributed by atoms with E-state index < -0.39 is 11.7 Å². The predicted molar refractivity (Wildman–Crippen MR) is 88.4 cm³/mol. The molecule has 5 heteroatoms. The Hall–Kier alpha value is -2.59. The van der Waals surface area contributed by atoms with Gasteiger partial charge in [-0.05, 0) is 49.4 Å². The molecule has 0 fully saturated rings. The number of fused-ring (bicyclic) bond motifs is 1. The summed E-state index contributed by atoms with van der Waals surface area (Å²) in [4.78, 5) is 23.6. The molecule has 0 spiro atoms. The summed E-state index contributed by atoms with van der Waals surface area (Å²) in [6.07, 6.45) is -0.677. The number of carbonyl (C=O) groups is 1. The molecule has 0 amide bonds. The summed E-state index contributed by atoms with van der Waals surface area (Å²) < 4.78 is 10.8. The van der Waals surface area contributed by atoms with Crippen molar-refractivity contribution in [2.45, 2.75) is 13.0 Å². The Balaban J connectivity index is 1.81. The number of benzene rings is 2. The molecule has 1 heterocycles. The minimum absolute atomic E-state index is 0.156. The van der Waals surface area contributed by atoms with Crippen LogP contribution in [0.4, 0.5) is 0 Å². The summed E-state index contributed by atoms with van der Waals surface area (Å²) in [6, 6.07) is 14.8. The Bertz CT molecular complexity index is 912. The van der Waals surface area contributed by atoms with Gasteiger partial charge in [0, 0.05) is 28.1 Å². The van der Waals surface area contributed by atoms with Crippen LogP contribution in [0.3, 0.4) is 0 Å². The van der Waals surface area contributed by atoms with Crippen molar-refractivity contribution in [2.75, 3.05) is 0 Å². The Morgan fingerprint density at radius 1 is 1.09 bits per heavy atom. The van der Waals surface area contributed by atoms with E-state index in [1.165, 1.54) is 6.07 Å². The molecule has 23 heavy (non-hydrogen) atoms. The fourth-order valence-electron chi connectivity index (χ4n) is 2.22. The summed E-state index contributed by atoms with van der Waals surface area (Å²) in [5.74, 6) is 0.304. The van der Waals surface area contributed by atoms with E-state index in [0.29, 0.717) is 21.9 Å². The van der Waals surface area contributed by atoms with Crippen LogP contribution in [0.15, 0.2) is 63.8 Å². The van der Waals surface area contributed by atoms with Crippen molar-refractivity contribution in [1.82, 2.24) is 0 Å². The third-order valence-electron chi connectivity index (χ3n) is 3.41. The standard InChI is InChI=1S/C18H13ClO4/c1-11(18(21)13-2-6-14(19)7-3-13)22-15-8-4-12-5-9-17(20)23-16(12)10-15/h2-11H,1H3/t11-/m1/s1. The van der Waals surface area contributed by atoms with Gasteiger partial charge in [-0.25, -0.2) is 4.79 Å². The molecule has 0 saturated carbocycles. The first kappa shape index (κ1) is 15.3. The normalized spacial score (nSPS) is 12.1. The number of carbonyl (C=O) groups excluding carboxylic acids is 1. The van der Waals surface area contributed by atoms with Crippen molar-refractivity contribution in [3.05, 3.63) is 75.6 Å². The van der Waals surface area contributed by atoms with Crippen molar-refractivity contribution in [1.29, 1.82) is 0 Å². The van der Waals surface area contributed by atoms with Gasteiger partial charge in [-0.2, -0.15) is 0 Å². The van der Waals surface area contributed by atoms with E-state index in [0.717, 1.165) is 5.39 Å². The van der Waals surface area contributed by atoms with E-state index in [2.05, 4.69) is 0 Å². The number of Topliss-reactive ketones (excluding diaryl/α,β-unsaturated/α-hetero) is 1. The molecule has 0 unspecified atom stereocenters. The van der Waals surface area contributed by atoms with Gasteiger partial charge in [-0.15, -0.1) is 0 Å².